The van der Waals surface area contributed by atoms with Crippen LogP contribution in [0.4, 0.5) is 4.79 Å². The molecule has 0 aromatic heterocycles. The number of aryl methyl sites for hydroxylation is 2. The number of hydrogen-bond donors (Lipinski definition) is 2. The molecule has 2 amide bonds. The third kappa shape index (κ3) is 4.28. The fourth-order valence-electron chi connectivity index (χ4n) is 3.06. The van der Waals surface area contributed by atoms with Crippen LogP contribution in [0.2, 0.25) is 0 Å². The van der Waals surface area contributed by atoms with Crippen LogP contribution in [0.25, 0.3) is 0 Å². The van der Waals surface area contributed by atoms with Crippen LogP contribution >= 0.6 is 0 Å². The number of benzene rings is 2. The summed E-state index contributed by atoms with van der Waals surface area (Å²) in [5, 5.41) is 5.68. The second kappa shape index (κ2) is 7.86. The van der Waals surface area contributed by atoms with Gasteiger partial charge in [-0.3, -0.25) is 0 Å². The van der Waals surface area contributed by atoms with Crippen molar-refractivity contribution in [3.63, 3.8) is 0 Å². The second-order valence-electron chi connectivity index (χ2n) is 6.21. The fraction of sp³-hybridized carbons (Fsp3) is 0.350. The minimum Gasteiger partial charge on any atom is -0.473 e. The van der Waals surface area contributed by atoms with Crippen LogP contribution in [0.1, 0.15) is 42.5 Å². The minimum absolute atomic E-state index is 0.0334. The molecule has 0 saturated carbocycles. The smallest absolute Gasteiger partial charge is 0.317 e. The third-order valence-corrected chi connectivity index (χ3v) is 4.43. The maximum absolute atomic E-state index is 12.0. The van der Waals surface area contributed by atoms with Crippen LogP contribution in [0.3, 0.4) is 0 Å². The van der Waals surface area contributed by atoms with E-state index in [2.05, 4.69) is 28.8 Å². The highest BCUT2D eigenvalue weighted by Gasteiger charge is 2.13. The largest absolute Gasteiger partial charge is 0.473 e. The molecule has 0 heterocycles. The van der Waals surface area contributed by atoms with Gasteiger partial charge in [-0.05, 0) is 61.4 Å². The molecule has 0 spiro atoms. The number of nitrogens with one attached hydrogen (secondary N) is 2. The summed E-state index contributed by atoms with van der Waals surface area (Å²) in [6.07, 6.45) is 4.86. The monoisotopic (exact) mass is 324 g/mol. The molecular weight excluding hydrogens is 300 g/mol. The Morgan fingerprint density at radius 3 is 2.62 bits per heavy atom. The lowest BCUT2D eigenvalue weighted by Gasteiger charge is -2.20. The summed E-state index contributed by atoms with van der Waals surface area (Å²) < 4.78 is 5.47. The van der Waals surface area contributed by atoms with Gasteiger partial charge in [-0.25, -0.2) is 4.79 Å². The molecule has 1 unspecified atom stereocenters. The summed E-state index contributed by atoms with van der Waals surface area (Å²) in [5.74, 6) is 0.737. The molecular formula is C20H24N2O2. The van der Waals surface area contributed by atoms with Crippen molar-refractivity contribution in [2.45, 2.75) is 38.6 Å². The number of para-hydroxylation sites is 1. The first-order valence-corrected chi connectivity index (χ1v) is 8.56. The van der Waals surface area contributed by atoms with Crippen LogP contribution in [0.15, 0.2) is 48.5 Å². The van der Waals surface area contributed by atoms with Gasteiger partial charge < -0.3 is 15.4 Å². The van der Waals surface area contributed by atoms with E-state index in [0.29, 0.717) is 0 Å². The normalized spacial score (nSPS) is 14.4. The maximum Gasteiger partial charge on any atom is 0.317 e. The molecule has 0 saturated heterocycles. The molecule has 126 valence electrons. The van der Waals surface area contributed by atoms with Crippen LogP contribution < -0.4 is 15.4 Å². The zero-order valence-corrected chi connectivity index (χ0v) is 14.0. The molecule has 2 aromatic rings. The van der Waals surface area contributed by atoms with Crippen LogP contribution in [-0.2, 0) is 12.8 Å². The molecule has 4 nitrogen and oxygen atoms in total. The van der Waals surface area contributed by atoms with Gasteiger partial charge in [0.1, 0.15) is 5.75 Å². The zero-order chi connectivity index (χ0) is 16.8. The van der Waals surface area contributed by atoms with Gasteiger partial charge in [0.15, 0.2) is 6.73 Å². The molecule has 4 heteroatoms. The molecule has 0 bridgehead atoms. The Hall–Kier alpha value is -2.49. The molecule has 1 atom stereocenters. The van der Waals surface area contributed by atoms with Crippen molar-refractivity contribution >= 4 is 6.03 Å². The number of carbonyl (C=O) groups excluding carboxylic acids is 1. The Morgan fingerprint density at radius 1 is 1.08 bits per heavy atom. The summed E-state index contributed by atoms with van der Waals surface area (Å²) in [6, 6.07) is 15.7. The van der Waals surface area contributed by atoms with E-state index in [9.17, 15) is 4.79 Å². The van der Waals surface area contributed by atoms with Crippen LogP contribution in [0.5, 0.6) is 5.75 Å². The second-order valence-corrected chi connectivity index (χ2v) is 6.21. The number of ether oxygens (including phenoxy) is 1. The molecule has 2 N–H and O–H groups in total. The van der Waals surface area contributed by atoms with Gasteiger partial charge in [0.2, 0.25) is 0 Å². The third-order valence-electron chi connectivity index (χ3n) is 4.43. The first-order chi connectivity index (χ1) is 11.7. The number of carbonyl (C=O) groups is 1. The molecule has 0 radical (unpaired) electrons. The van der Waals surface area contributed by atoms with E-state index < -0.39 is 0 Å². The van der Waals surface area contributed by atoms with E-state index in [4.69, 9.17) is 4.74 Å². The maximum atomic E-state index is 12.0. The molecule has 0 fully saturated rings. The Labute approximate surface area is 143 Å². The van der Waals surface area contributed by atoms with Gasteiger partial charge in [0.25, 0.3) is 0 Å². The Morgan fingerprint density at radius 2 is 1.83 bits per heavy atom. The molecule has 2 aromatic carbocycles. The SMILES string of the molecule is CC(NC(=O)NCOc1ccccc1)c1ccc2c(c1)CCCC2. The minimum atomic E-state index is -0.226. The van der Waals surface area contributed by atoms with Crippen molar-refractivity contribution in [2.75, 3.05) is 6.73 Å². The standard InChI is InChI=1S/C20H24N2O2/c1-15(17-12-11-16-7-5-6-8-18(16)13-17)22-20(23)21-14-24-19-9-3-2-4-10-19/h2-4,9-13,15H,5-8,14H2,1H3,(H2,21,22,23). The van der Waals surface area contributed by atoms with Gasteiger partial charge in [-0.2, -0.15) is 0 Å². The van der Waals surface area contributed by atoms with E-state index in [1.165, 1.54) is 30.4 Å². The van der Waals surface area contributed by atoms with Crippen molar-refractivity contribution in [1.82, 2.24) is 10.6 Å². The highest BCUT2D eigenvalue weighted by molar-refractivity contribution is 5.74. The highest BCUT2D eigenvalue weighted by atomic mass is 16.5. The van der Waals surface area contributed by atoms with E-state index in [1.807, 2.05) is 37.3 Å². The van der Waals surface area contributed by atoms with Crippen molar-refractivity contribution < 1.29 is 9.53 Å². The van der Waals surface area contributed by atoms with Crippen LogP contribution in [0, 0.1) is 0 Å². The Kier molecular flexibility index (Phi) is 5.36. The average Bonchev–Trinajstić information content (AvgIpc) is 2.62. The van der Waals surface area contributed by atoms with Gasteiger partial charge in [-0.1, -0.05) is 36.4 Å². The quantitative estimate of drug-likeness (QED) is 0.818. The summed E-state index contributed by atoms with van der Waals surface area (Å²) in [4.78, 5) is 12.0. The summed E-state index contributed by atoms with van der Waals surface area (Å²) >= 11 is 0. The molecule has 3 rings (SSSR count). The highest BCUT2D eigenvalue weighted by Crippen LogP contribution is 2.24. The lowest BCUT2D eigenvalue weighted by atomic mass is 9.89. The average molecular weight is 324 g/mol. The first-order valence-electron chi connectivity index (χ1n) is 8.56. The van der Waals surface area contributed by atoms with Crippen molar-refractivity contribution in [2.24, 2.45) is 0 Å². The number of amides is 2. The van der Waals surface area contributed by atoms with Gasteiger partial charge in [0, 0.05) is 0 Å². The van der Waals surface area contributed by atoms with E-state index in [1.54, 1.807) is 0 Å². The summed E-state index contributed by atoms with van der Waals surface area (Å²) in [5.41, 5.74) is 4.04. The van der Waals surface area contributed by atoms with Gasteiger partial charge in [-0.15, -0.1) is 0 Å². The zero-order valence-electron chi connectivity index (χ0n) is 14.0. The summed E-state index contributed by atoms with van der Waals surface area (Å²) in [7, 11) is 0. The number of hydrogen-bond acceptors (Lipinski definition) is 2. The molecule has 1 aliphatic rings. The molecule has 24 heavy (non-hydrogen) atoms. The van der Waals surface area contributed by atoms with Crippen LogP contribution in [-0.4, -0.2) is 12.8 Å². The van der Waals surface area contributed by atoms with Crippen molar-refractivity contribution in [3.05, 3.63) is 65.2 Å². The summed E-state index contributed by atoms with van der Waals surface area (Å²) in [6.45, 7) is 2.15. The fourth-order valence-corrected chi connectivity index (χ4v) is 3.06. The van der Waals surface area contributed by atoms with Crippen molar-refractivity contribution in [1.29, 1.82) is 0 Å². The number of fused-ring (bicyclic) bond motifs is 1. The molecule has 1 aliphatic carbocycles. The Bertz CT molecular complexity index is 685. The predicted molar refractivity (Wildman–Crippen MR) is 95.1 cm³/mol. The van der Waals surface area contributed by atoms with Gasteiger partial charge in [0.05, 0.1) is 6.04 Å². The topological polar surface area (TPSA) is 50.4 Å². The van der Waals surface area contributed by atoms with Gasteiger partial charge >= 0.3 is 6.03 Å². The first kappa shape index (κ1) is 16.4. The van der Waals surface area contributed by atoms with E-state index >= 15 is 0 Å². The lowest BCUT2D eigenvalue weighted by Crippen LogP contribution is -2.39. The van der Waals surface area contributed by atoms with E-state index in [0.717, 1.165) is 17.7 Å². The number of rotatable bonds is 5. The Balaban J connectivity index is 1.49. The number of urea groups is 1. The van der Waals surface area contributed by atoms with E-state index in [-0.39, 0.29) is 18.8 Å². The lowest BCUT2D eigenvalue weighted by molar-refractivity contribution is 0.221. The predicted octanol–water partition coefficient (Wildman–Crippen LogP) is 3.96. The molecule has 0 aliphatic heterocycles. The van der Waals surface area contributed by atoms with Crippen molar-refractivity contribution in [3.8, 4) is 5.75 Å².